The molecule has 0 atom stereocenters. The lowest BCUT2D eigenvalue weighted by Gasteiger charge is -2.19. The Kier molecular flexibility index (Phi) is 5.67. The molecule has 1 amide bonds. The maximum Gasteiger partial charge on any atom is 0.261 e. The largest absolute Gasteiger partial charge is 0.347 e. The van der Waals surface area contributed by atoms with Gasteiger partial charge < -0.3 is 9.88 Å². The summed E-state index contributed by atoms with van der Waals surface area (Å²) >= 11 is 3.43. The van der Waals surface area contributed by atoms with Gasteiger partial charge in [0.1, 0.15) is 5.56 Å². The third-order valence-electron chi connectivity index (χ3n) is 5.55. The molecule has 148 valence electrons. The fraction of sp³-hybridized carbons (Fsp3) is 0.250. The number of hydrogen-bond acceptors (Lipinski definition) is 2. The zero-order valence-corrected chi connectivity index (χ0v) is 18.0. The smallest absolute Gasteiger partial charge is 0.261 e. The van der Waals surface area contributed by atoms with Gasteiger partial charge in [-0.2, -0.15) is 0 Å². The second-order valence-electron chi connectivity index (χ2n) is 7.38. The number of carbonyl (C=O) groups is 1. The molecule has 5 heteroatoms. The first-order chi connectivity index (χ1) is 14.1. The lowest BCUT2D eigenvalue weighted by atomic mass is 10.0. The third kappa shape index (κ3) is 3.79. The van der Waals surface area contributed by atoms with Gasteiger partial charge >= 0.3 is 0 Å². The van der Waals surface area contributed by atoms with Crippen LogP contribution in [0.4, 0.5) is 5.69 Å². The highest BCUT2D eigenvalue weighted by molar-refractivity contribution is 9.10. The average molecular weight is 451 g/mol. The number of pyridine rings is 1. The fourth-order valence-electron chi connectivity index (χ4n) is 4.04. The van der Waals surface area contributed by atoms with Crippen LogP contribution in [0.25, 0.3) is 11.1 Å². The second-order valence-corrected chi connectivity index (χ2v) is 8.17. The summed E-state index contributed by atoms with van der Waals surface area (Å²) in [7, 11) is 0. The number of nitrogens with one attached hydrogen (secondary N) is 1. The molecule has 1 aromatic heterocycles. The SMILES string of the molecule is Cc1c(Br)c(=O)c(C(=O)Nc2ccccc2-c2ccccc2)c2n1CCCCC2. The normalized spacial score (nSPS) is 13.4. The summed E-state index contributed by atoms with van der Waals surface area (Å²) in [6.45, 7) is 2.77. The molecule has 0 radical (unpaired) electrons. The first kappa shape index (κ1) is 19.6. The van der Waals surface area contributed by atoms with Crippen molar-refractivity contribution in [3.8, 4) is 11.1 Å². The molecular weight excluding hydrogens is 428 g/mol. The number of nitrogens with zero attached hydrogens (tertiary/aromatic N) is 1. The van der Waals surface area contributed by atoms with Crippen LogP contribution >= 0.6 is 15.9 Å². The van der Waals surface area contributed by atoms with Gasteiger partial charge in [0.2, 0.25) is 5.43 Å². The Morgan fingerprint density at radius 1 is 1.00 bits per heavy atom. The molecule has 0 spiro atoms. The topological polar surface area (TPSA) is 51.1 Å². The predicted molar refractivity (Wildman–Crippen MR) is 121 cm³/mol. The molecule has 4 nitrogen and oxygen atoms in total. The van der Waals surface area contributed by atoms with Gasteiger partial charge in [0.05, 0.1) is 4.47 Å². The fourth-order valence-corrected chi connectivity index (χ4v) is 4.46. The van der Waals surface area contributed by atoms with Gasteiger partial charge in [-0.05, 0) is 53.7 Å². The molecule has 0 saturated carbocycles. The van der Waals surface area contributed by atoms with Crippen LogP contribution in [0.5, 0.6) is 0 Å². The van der Waals surface area contributed by atoms with E-state index in [4.69, 9.17) is 0 Å². The third-order valence-corrected chi connectivity index (χ3v) is 6.48. The van der Waals surface area contributed by atoms with Gasteiger partial charge in [-0.25, -0.2) is 0 Å². The number of carbonyl (C=O) groups excluding carboxylic acids is 1. The molecule has 0 fully saturated rings. The summed E-state index contributed by atoms with van der Waals surface area (Å²) < 4.78 is 2.61. The van der Waals surface area contributed by atoms with E-state index in [-0.39, 0.29) is 16.9 Å². The minimum absolute atomic E-state index is 0.231. The summed E-state index contributed by atoms with van der Waals surface area (Å²) in [6.07, 6.45) is 3.89. The molecule has 3 aromatic rings. The molecule has 2 aromatic carbocycles. The Balaban J connectivity index is 1.78. The highest BCUT2D eigenvalue weighted by atomic mass is 79.9. The highest BCUT2D eigenvalue weighted by Gasteiger charge is 2.25. The lowest BCUT2D eigenvalue weighted by Crippen LogP contribution is -2.29. The van der Waals surface area contributed by atoms with Crippen molar-refractivity contribution in [2.24, 2.45) is 0 Å². The van der Waals surface area contributed by atoms with Crippen LogP contribution in [0, 0.1) is 6.92 Å². The predicted octanol–water partition coefficient (Wildman–Crippen LogP) is 5.56. The summed E-state index contributed by atoms with van der Waals surface area (Å²) in [5.74, 6) is -0.343. The number of benzene rings is 2. The monoisotopic (exact) mass is 450 g/mol. The number of fused-ring (bicyclic) bond motifs is 1. The van der Waals surface area contributed by atoms with Crippen molar-refractivity contribution in [2.45, 2.75) is 39.2 Å². The Bertz CT molecular complexity index is 1120. The van der Waals surface area contributed by atoms with E-state index in [9.17, 15) is 9.59 Å². The van der Waals surface area contributed by atoms with Crippen LogP contribution in [0.15, 0.2) is 63.9 Å². The second kappa shape index (κ2) is 8.37. The number of anilines is 1. The Hall–Kier alpha value is -2.66. The van der Waals surface area contributed by atoms with Crippen LogP contribution in [0.1, 0.15) is 41.0 Å². The summed E-state index contributed by atoms with van der Waals surface area (Å²) in [5, 5.41) is 3.01. The van der Waals surface area contributed by atoms with Gasteiger partial charge in [-0.1, -0.05) is 55.0 Å². The van der Waals surface area contributed by atoms with E-state index in [0.29, 0.717) is 10.2 Å². The molecule has 0 aliphatic carbocycles. The number of aromatic nitrogens is 1. The van der Waals surface area contributed by atoms with Crippen LogP contribution in [-0.4, -0.2) is 10.5 Å². The average Bonchev–Trinajstić information content (AvgIpc) is 2.99. The van der Waals surface area contributed by atoms with Crippen molar-refractivity contribution < 1.29 is 4.79 Å². The molecule has 2 heterocycles. The van der Waals surface area contributed by atoms with Crippen molar-refractivity contribution >= 4 is 27.5 Å². The van der Waals surface area contributed by atoms with E-state index in [1.54, 1.807) is 0 Å². The Morgan fingerprint density at radius 2 is 1.72 bits per heavy atom. The number of amides is 1. The standard InChI is InChI=1S/C24H23BrN2O2/c1-16-22(25)23(28)21(20-14-6-3-9-15-27(16)20)24(29)26-19-13-8-7-12-18(19)17-10-4-2-5-11-17/h2,4-5,7-8,10-13H,3,6,9,14-15H2,1H3,(H,26,29). The van der Waals surface area contributed by atoms with Crippen molar-refractivity contribution in [1.82, 2.24) is 4.57 Å². The zero-order valence-electron chi connectivity index (χ0n) is 16.4. The molecule has 0 saturated heterocycles. The number of para-hydroxylation sites is 1. The molecule has 1 aliphatic heterocycles. The number of halogens is 1. The molecule has 1 N–H and O–H groups in total. The van der Waals surface area contributed by atoms with E-state index in [1.807, 2.05) is 61.5 Å². The van der Waals surface area contributed by atoms with Crippen molar-refractivity contribution in [2.75, 3.05) is 5.32 Å². The van der Waals surface area contributed by atoms with Crippen LogP contribution in [-0.2, 0) is 13.0 Å². The zero-order chi connectivity index (χ0) is 20.4. The van der Waals surface area contributed by atoms with Crippen molar-refractivity contribution in [3.05, 3.63) is 86.2 Å². The van der Waals surface area contributed by atoms with E-state index in [2.05, 4.69) is 25.8 Å². The number of hydrogen-bond donors (Lipinski definition) is 1. The minimum atomic E-state index is -0.343. The molecule has 4 rings (SSSR count). The van der Waals surface area contributed by atoms with Gasteiger partial charge in [0.15, 0.2) is 0 Å². The van der Waals surface area contributed by atoms with E-state index in [0.717, 1.165) is 54.7 Å². The Labute approximate surface area is 178 Å². The van der Waals surface area contributed by atoms with E-state index in [1.165, 1.54) is 0 Å². The first-order valence-electron chi connectivity index (χ1n) is 9.95. The molecule has 0 unspecified atom stereocenters. The van der Waals surface area contributed by atoms with Crippen LogP contribution in [0.2, 0.25) is 0 Å². The maximum atomic E-state index is 13.3. The summed E-state index contributed by atoms with van der Waals surface area (Å²) in [4.78, 5) is 26.4. The minimum Gasteiger partial charge on any atom is -0.347 e. The molecular formula is C24H23BrN2O2. The van der Waals surface area contributed by atoms with Gasteiger partial charge in [0.25, 0.3) is 5.91 Å². The summed E-state index contributed by atoms with van der Waals surface area (Å²) in [5.41, 5.74) is 4.42. The van der Waals surface area contributed by atoms with Gasteiger partial charge in [-0.15, -0.1) is 0 Å². The molecule has 0 bridgehead atoms. The maximum absolute atomic E-state index is 13.3. The lowest BCUT2D eigenvalue weighted by molar-refractivity contribution is 0.102. The first-order valence-corrected chi connectivity index (χ1v) is 10.7. The van der Waals surface area contributed by atoms with E-state index < -0.39 is 0 Å². The highest BCUT2D eigenvalue weighted by Crippen LogP contribution is 2.29. The number of rotatable bonds is 3. The van der Waals surface area contributed by atoms with Crippen molar-refractivity contribution in [3.63, 3.8) is 0 Å². The molecule has 1 aliphatic rings. The van der Waals surface area contributed by atoms with Crippen LogP contribution in [0.3, 0.4) is 0 Å². The quantitative estimate of drug-likeness (QED) is 0.567. The van der Waals surface area contributed by atoms with E-state index >= 15 is 0 Å². The van der Waals surface area contributed by atoms with Gasteiger partial charge in [-0.3, -0.25) is 9.59 Å². The molecule has 29 heavy (non-hydrogen) atoms. The van der Waals surface area contributed by atoms with Gasteiger partial charge in [0, 0.05) is 29.2 Å². The van der Waals surface area contributed by atoms with Crippen molar-refractivity contribution in [1.29, 1.82) is 0 Å². The summed E-state index contributed by atoms with van der Waals surface area (Å²) in [6, 6.07) is 17.6. The van der Waals surface area contributed by atoms with Crippen LogP contribution < -0.4 is 10.7 Å². The Morgan fingerprint density at radius 3 is 2.52 bits per heavy atom.